The van der Waals surface area contributed by atoms with Crippen LogP contribution < -0.4 is 0 Å². The SMILES string of the molecule is CCCCC1=CC(O)C(C)C(C)C1C. The highest BCUT2D eigenvalue weighted by molar-refractivity contribution is 5.15. The van der Waals surface area contributed by atoms with E-state index < -0.39 is 0 Å². The summed E-state index contributed by atoms with van der Waals surface area (Å²) in [6, 6.07) is 0. The molecular weight excluding hydrogens is 172 g/mol. The first-order valence-corrected chi connectivity index (χ1v) is 5.96. The Bertz CT molecular complexity index is 207. The molecule has 14 heavy (non-hydrogen) atoms. The van der Waals surface area contributed by atoms with Gasteiger partial charge in [0.1, 0.15) is 0 Å². The summed E-state index contributed by atoms with van der Waals surface area (Å²) in [6.45, 7) is 8.93. The van der Waals surface area contributed by atoms with Crippen molar-refractivity contribution in [3.8, 4) is 0 Å². The molecule has 0 aromatic rings. The molecule has 0 heterocycles. The van der Waals surface area contributed by atoms with Crippen LogP contribution in [-0.2, 0) is 0 Å². The number of unbranched alkanes of at least 4 members (excludes halogenated alkanes) is 1. The molecule has 0 aliphatic heterocycles. The number of aliphatic hydroxyl groups excluding tert-OH is 1. The molecule has 1 heteroatoms. The standard InChI is InChI=1S/C13H24O/c1-5-6-7-12-8-13(14)11(4)9(2)10(12)3/h8-11,13-14H,5-7H2,1-4H3. The van der Waals surface area contributed by atoms with Gasteiger partial charge in [-0.25, -0.2) is 0 Å². The molecule has 0 saturated carbocycles. The highest BCUT2D eigenvalue weighted by Crippen LogP contribution is 2.36. The maximum absolute atomic E-state index is 9.86. The number of allylic oxidation sites excluding steroid dienone is 1. The first-order chi connectivity index (χ1) is 6.57. The fourth-order valence-electron chi connectivity index (χ4n) is 2.32. The normalized spacial score (nSPS) is 38.2. The molecule has 0 saturated heterocycles. The van der Waals surface area contributed by atoms with Crippen molar-refractivity contribution in [2.75, 3.05) is 0 Å². The average molecular weight is 196 g/mol. The fourth-order valence-corrected chi connectivity index (χ4v) is 2.32. The van der Waals surface area contributed by atoms with Crippen molar-refractivity contribution >= 4 is 0 Å². The highest BCUT2D eigenvalue weighted by atomic mass is 16.3. The van der Waals surface area contributed by atoms with Crippen LogP contribution in [0.4, 0.5) is 0 Å². The summed E-state index contributed by atoms with van der Waals surface area (Å²) in [5.74, 6) is 1.68. The Balaban J connectivity index is 2.68. The maximum atomic E-state index is 9.86. The topological polar surface area (TPSA) is 20.2 Å². The summed E-state index contributed by atoms with van der Waals surface area (Å²) in [7, 11) is 0. The Hall–Kier alpha value is -0.300. The number of hydrogen-bond donors (Lipinski definition) is 1. The largest absolute Gasteiger partial charge is 0.389 e. The van der Waals surface area contributed by atoms with Crippen molar-refractivity contribution in [3.63, 3.8) is 0 Å². The van der Waals surface area contributed by atoms with Crippen LogP contribution in [0.15, 0.2) is 11.6 Å². The molecule has 4 atom stereocenters. The van der Waals surface area contributed by atoms with Gasteiger partial charge in [0.05, 0.1) is 6.10 Å². The summed E-state index contributed by atoms with van der Waals surface area (Å²) in [5, 5.41) is 9.86. The molecule has 82 valence electrons. The number of rotatable bonds is 3. The summed E-state index contributed by atoms with van der Waals surface area (Å²) in [5.41, 5.74) is 1.48. The summed E-state index contributed by atoms with van der Waals surface area (Å²) in [6.07, 6.45) is 5.55. The molecule has 1 aliphatic rings. The maximum Gasteiger partial charge on any atom is 0.0751 e. The lowest BCUT2D eigenvalue weighted by Crippen LogP contribution is -2.32. The van der Waals surface area contributed by atoms with Crippen molar-refractivity contribution in [2.24, 2.45) is 17.8 Å². The molecule has 0 radical (unpaired) electrons. The Morgan fingerprint density at radius 1 is 1.21 bits per heavy atom. The third kappa shape index (κ3) is 2.38. The van der Waals surface area contributed by atoms with Crippen LogP contribution in [0.25, 0.3) is 0 Å². The Labute approximate surface area is 88.2 Å². The van der Waals surface area contributed by atoms with Gasteiger partial charge < -0.3 is 5.11 Å². The van der Waals surface area contributed by atoms with Crippen molar-refractivity contribution in [1.29, 1.82) is 0 Å². The molecule has 0 aromatic heterocycles. The first-order valence-electron chi connectivity index (χ1n) is 5.96. The lowest BCUT2D eigenvalue weighted by atomic mass is 9.72. The molecule has 4 unspecified atom stereocenters. The predicted molar refractivity (Wildman–Crippen MR) is 61.1 cm³/mol. The van der Waals surface area contributed by atoms with E-state index in [-0.39, 0.29) is 6.10 Å². The zero-order valence-corrected chi connectivity index (χ0v) is 9.96. The van der Waals surface area contributed by atoms with Gasteiger partial charge in [0.25, 0.3) is 0 Å². The molecule has 1 nitrogen and oxygen atoms in total. The molecular formula is C13H24O. The fraction of sp³-hybridized carbons (Fsp3) is 0.846. The van der Waals surface area contributed by atoms with E-state index in [1.165, 1.54) is 24.8 Å². The van der Waals surface area contributed by atoms with Crippen LogP contribution in [0.1, 0.15) is 47.0 Å². The van der Waals surface area contributed by atoms with Crippen molar-refractivity contribution in [1.82, 2.24) is 0 Å². The van der Waals surface area contributed by atoms with Crippen LogP contribution in [0, 0.1) is 17.8 Å². The smallest absolute Gasteiger partial charge is 0.0751 e. The molecule has 0 fully saturated rings. The quantitative estimate of drug-likeness (QED) is 0.686. The van der Waals surface area contributed by atoms with Gasteiger partial charge in [-0.05, 0) is 30.6 Å². The van der Waals surface area contributed by atoms with Crippen molar-refractivity contribution in [3.05, 3.63) is 11.6 Å². The summed E-state index contributed by atoms with van der Waals surface area (Å²) >= 11 is 0. The molecule has 0 amide bonds. The van der Waals surface area contributed by atoms with Gasteiger partial charge in [0.2, 0.25) is 0 Å². The minimum atomic E-state index is -0.215. The van der Waals surface area contributed by atoms with Gasteiger partial charge in [0, 0.05) is 0 Å². The predicted octanol–water partition coefficient (Wildman–Crippen LogP) is 3.39. The second kappa shape index (κ2) is 4.97. The third-order valence-electron chi connectivity index (χ3n) is 3.95. The van der Waals surface area contributed by atoms with E-state index in [0.717, 1.165) is 0 Å². The third-order valence-corrected chi connectivity index (χ3v) is 3.95. The zero-order valence-electron chi connectivity index (χ0n) is 9.96. The second-order valence-corrected chi connectivity index (χ2v) is 4.84. The second-order valence-electron chi connectivity index (χ2n) is 4.84. The molecule has 1 N–H and O–H groups in total. The highest BCUT2D eigenvalue weighted by Gasteiger charge is 2.30. The summed E-state index contributed by atoms with van der Waals surface area (Å²) in [4.78, 5) is 0. The van der Waals surface area contributed by atoms with Gasteiger partial charge in [-0.3, -0.25) is 0 Å². The van der Waals surface area contributed by atoms with Crippen molar-refractivity contribution < 1.29 is 5.11 Å². The molecule has 1 rings (SSSR count). The lowest BCUT2D eigenvalue weighted by molar-refractivity contribution is 0.0974. The van der Waals surface area contributed by atoms with E-state index in [2.05, 4.69) is 33.8 Å². The molecule has 0 bridgehead atoms. The van der Waals surface area contributed by atoms with E-state index in [9.17, 15) is 5.11 Å². The number of hydrogen-bond acceptors (Lipinski definition) is 1. The van der Waals surface area contributed by atoms with Crippen LogP contribution in [0.3, 0.4) is 0 Å². The van der Waals surface area contributed by atoms with Crippen LogP contribution in [0.2, 0.25) is 0 Å². The minimum Gasteiger partial charge on any atom is -0.389 e. The van der Waals surface area contributed by atoms with E-state index in [1.807, 2.05) is 0 Å². The van der Waals surface area contributed by atoms with E-state index in [1.54, 1.807) is 0 Å². The Morgan fingerprint density at radius 2 is 1.86 bits per heavy atom. The number of aliphatic hydroxyl groups is 1. The van der Waals surface area contributed by atoms with Gasteiger partial charge in [-0.2, -0.15) is 0 Å². The van der Waals surface area contributed by atoms with Crippen LogP contribution in [0.5, 0.6) is 0 Å². The monoisotopic (exact) mass is 196 g/mol. The molecule has 0 spiro atoms. The van der Waals surface area contributed by atoms with Gasteiger partial charge in [0.15, 0.2) is 0 Å². The van der Waals surface area contributed by atoms with Gasteiger partial charge >= 0.3 is 0 Å². The van der Waals surface area contributed by atoms with E-state index in [0.29, 0.717) is 17.8 Å². The zero-order chi connectivity index (χ0) is 10.7. The van der Waals surface area contributed by atoms with Crippen LogP contribution in [-0.4, -0.2) is 11.2 Å². The average Bonchev–Trinajstić information content (AvgIpc) is 2.18. The van der Waals surface area contributed by atoms with E-state index >= 15 is 0 Å². The van der Waals surface area contributed by atoms with Gasteiger partial charge in [-0.1, -0.05) is 45.8 Å². The lowest BCUT2D eigenvalue weighted by Gasteiger charge is -2.35. The van der Waals surface area contributed by atoms with Gasteiger partial charge in [-0.15, -0.1) is 0 Å². The minimum absolute atomic E-state index is 0.215. The Kier molecular flexibility index (Phi) is 4.18. The summed E-state index contributed by atoms with van der Waals surface area (Å²) < 4.78 is 0. The van der Waals surface area contributed by atoms with Crippen molar-refractivity contribution in [2.45, 2.75) is 53.1 Å². The first kappa shape index (κ1) is 11.8. The Morgan fingerprint density at radius 3 is 2.43 bits per heavy atom. The van der Waals surface area contributed by atoms with Crippen LogP contribution >= 0.6 is 0 Å². The van der Waals surface area contributed by atoms with E-state index in [4.69, 9.17) is 0 Å². The molecule has 0 aromatic carbocycles. The molecule has 1 aliphatic carbocycles.